The molecule has 0 amide bonds. The summed E-state index contributed by atoms with van der Waals surface area (Å²) in [6.07, 6.45) is 6.16. The number of aromatic nitrogens is 1. The molecular formula is C13H18N2O. The smallest absolute Gasteiger partial charge is 0.0757 e. The van der Waals surface area contributed by atoms with E-state index in [0.29, 0.717) is 12.1 Å². The standard InChI is InChI=1S/C13H18N2O/c1-2-7-14-11(3-1)9-15-12-6-8-16-13(12)10-4-5-10/h1-3,7,10,12-13,15H,4-6,8-9H2. The van der Waals surface area contributed by atoms with E-state index in [1.807, 2.05) is 18.3 Å². The molecule has 2 atom stereocenters. The molecule has 0 bridgehead atoms. The summed E-state index contributed by atoms with van der Waals surface area (Å²) in [5.41, 5.74) is 1.11. The third-order valence-electron chi connectivity index (χ3n) is 3.49. The Morgan fingerprint density at radius 3 is 3.00 bits per heavy atom. The lowest BCUT2D eigenvalue weighted by molar-refractivity contribution is 0.0808. The van der Waals surface area contributed by atoms with Gasteiger partial charge in [-0.2, -0.15) is 0 Å². The third-order valence-corrected chi connectivity index (χ3v) is 3.49. The SMILES string of the molecule is c1ccc(CNC2CCOC2C2CC2)nc1. The van der Waals surface area contributed by atoms with E-state index < -0.39 is 0 Å². The van der Waals surface area contributed by atoms with E-state index in [-0.39, 0.29) is 0 Å². The molecule has 86 valence electrons. The van der Waals surface area contributed by atoms with Gasteiger partial charge in [-0.3, -0.25) is 4.98 Å². The van der Waals surface area contributed by atoms with Gasteiger partial charge in [0.15, 0.2) is 0 Å². The maximum absolute atomic E-state index is 5.80. The molecule has 3 rings (SSSR count). The first kappa shape index (κ1) is 10.2. The third kappa shape index (κ3) is 2.25. The maximum Gasteiger partial charge on any atom is 0.0757 e. The summed E-state index contributed by atoms with van der Waals surface area (Å²) >= 11 is 0. The van der Waals surface area contributed by atoms with Crippen LogP contribution in [0.4, 0.5) is 0 Å². The van der Waals surface area contributed by atoms with Crippen molar-refractivity contribution in [3.05, 3.63) is 30.1 Å². The molecule has 0 aromatic carbocycles. The molecule has 1 saturated heterocycles. The summed E-state index contributed by atoms with van der Waals surface area (Å²) in [4.78, 5) is 4.32. The number of nitrogens with zero attached hydrogens (tertiary/aromatic N) is 1. The van der Waals surface area contributed by atoms with Gasteiger partial charge < -0.3 is 10.1 Å². The van der Waals surface area contributed by atoms with Crippen LogP contribution in [0, 0.1) is 5.92 Å². The Morgan fingerprint density at radius 1 is 1.31 bits per heavy atom. The largest absolute Gasteiger partial charge is 0.376 e. The molecule has 3 nitrogen and oxygen atoms in total. The van der Waals surface area contributed by atoms with Crippen LogP contribution in [-0.4, -0.2) is 23.7 Å². The van der Waals surface area contributed by atoms with Gasteiger partial charge in [0, 0.05) is 25.4 Å². The van der Waals surface area contributed by atoms with E-state index in [9.17, 15) is 0 Å². The van der Waals surface area contributed by atoms with Crippen molar-refractivity contribution >= 4 is 0 Å². The van der Waals surface area contributed by atoms with Gasteiger partial charge in [0.2, 0.25) is 0 Å². The Kier molecular flexibility index (Phi) is 2.89. The molecule has 2 aliphatic rings. The van der Waals surface area contributed by atoms with E-state index in [1.165, 1.54) is 12.8 Å². The van der Waals surface area contributed by atoms with Gasteiger partial charge in [-0.05, 0) is 37.3 Å². The zero-order chi connectivity index (χ0) is 10.8. The van der Waals surface area contributed by atoms with Crippen LogP contribution in [0.3, 0.4) is 0 Å². The second-order valence-electron chi connectivity index (χ2n) is 4.77. The number of hydrogen-bond acceptors (Lipinski definition) is 3. The first-order valence-corrected chi connectivity index (χ1v) is 6.18. The van der Waals surface area contributed by atoms with Crippen LogP contribution >= 0.6 is 0 Å². The zero-order valence-corrected chi connectivity index (χ0v) is 9.43. The van der Waals surface area contributed by atoms with Crippen molar-refractivity contribution in [2.24, 2.45) is 5.92 Å². The first-order valence-electron chi connectivity index (χ1n) is 6.18. The van der Waals surface area contributed by atoms with Crippen LogP contribution in [0.1, 0.15) is 25.0 Å². The van der Waals surface area contributed by atoms with Crippen molar-refractivity contribution in [2.75, 3.05) is 6.61 Å². The molecule has 2 fully saturated rings. The molecule has 0 radical (unpaired) electrons. The highest BCUT2D eigenvalue weighted by Crippen LogP contribution is 2.38. The predicted molar refractivity (Wildman–Crippen MR) is 61.9 cm³/mol. The van der Waals surface area contributed by atoms with Gasteiger partial charge in [0.25, 0.3) is 0 Å². The fraction of sp³-hybridized carbons (Fsp3) is 0.615. The van der Waals surface area contributed by atoms with Gasteiger partial charge in [-0.1, -0.05) is 6.07 Å². The molecular weight excluding hydrogens is 200 g/mol. The minimum Gasteiger partial charge on any atom is -0.376 e. The van der Waals surface area contributed by atoms with Crippen LogP contribution in [-0.2, 0) is 11.3 Å². The summed E-state index contributed by atoms with van der Waals surface area (Å²) in [7, 11) is 0. The Labute approximate surface area is 96.2 Å². The molecule has 2 heterocycles. The van der Waals surface area contributed by atoms with Crippen LogP contribution < -0.4 is 5.32 Å². The van der Waals surface area contributed by atoms with Gasteiger partial charge in [-0.25, -0.2) is 0 Å². The molecule has 1 aromatic heterocycles. The summed E-state index contributed by atoms with van der Waals surface area (Å²) in [5, 5.41) is 3.58. The van der Waals surface area contributed by atoms with E-state index in [1.54, 1.807) is 0 Å². The number of ether oxygens (including phenoxy) is 1. The van der Waals surface area contributed by atoms with Crippen molar-refractivity contribution in [3.8, 4) is 0 Å². The minimum atomic E-state index is 0.462. The van der Waals surface area contributed by atoms with Crippen molar-refractivity contribution < 1.29 is 4.74 Å². The summed E-state index contributed by atoms with van der Waals surface area (Å²) in [6.45, 7) is 1.78. The Morgan fingerprint density at radius 2 is 2.25 bits per heavy atom. The molecule has 16 heavy (non-hydrogen) atoms. The molecule has 1 saturated carbocycles. The minimum absolute atomic E-state index is 0.462. The molecule has 0 spiro atoms. The van der Waals surface area contributed by atoms with Gasteiger partial charge >= 0.3 is 0 Å². The van der Waals surface area contributed by atoms with E-state index >= 15 is 0 Å². The fourth-order valence-corrected chi connectivity index (χ4v) is 2.46. The molecule has 1 N–H and O–H groups in total. The predicted octanol–water partition coefficient (Wildman–Crippen LogP) is 1.74. The normalized spacial score (nSPS) is 29.5. The fourth-order valence-electron chi connectivity index (χ4n) is 2.46. The van der Waals surface area contributed by atoms with Crippen LogP contribution in [0.5, 0.6) is 0 Å². The van der Waals surface area contributed by atoms with Crippen LogP contribution in [0.25, 0.3) is 0 Å². The maximum atomic E-state index is 5.80. The number of pyridine rings is 1. The molecule has 1 aromatic rings. The summed E-state index contributed by atoms with van der Waals surface area (Å²) < 4.78 is 5.80. The van der Waals surface area contributed by atoms with Crippen molar-refractivity contribution in [3.63, 3.8) is 0 Å². The lowest BCUT2D eigenvalue weighted by Crippen LogP contribution is -2.37. The Bertz CT molecular complexity index is 337. The summed E-state index contributed by atoms with van der Waals surface area (Å²) in [5.74, 6) is 0.823. The molecule has 1 aliphatic heterocycles. The second-order valence-corrected chi connectivity index (χ2v) is 4.77. The van der Waals surface area contributed by atoms with Gasteiger partial charge in [-0.15, -0.1) is 0 Å². The number of nitrogens with one attached hydrogen (secondary N) is 1. The Balaban J connectivity index is 1.54. The highest BCUT2D eigenvalue weighted by molar-refractivity contribution is 5.04. The van der Waals surface area contributed by atoms with Crippen molar-refractivity contribution in [1.29, 1.82) is 0 Å². The van der Waals surface area contributed by atoms with Crippen LogP contribution in [0.2, 0.25) is 0 Å². The highest BCUT2D eigenvalue weighted by atomic mass is 16.5. The molecule has 2 unspecified atom stereocenters. The summed E-state index contributed by atoms with van der Waals surface area (Å²) in [6, 6.07) is 6.59. The van der Waals surface area contributed by atoms with Crippen LogP contribution in [0.15, 0.2) is 24.4 Å². The van der Waals surface area contributed by atoms with E-state index in [0.717, 1.165) is 31.2 Å². The Hall–Kier alpha value is -0.930. The highest BCUT2D eigenvalue weighted by Gasteiger charge is 2.40. The average molecular weight is 218 g/mol. The second kappa shape index (κ2) is 4.52. The number of rotatable bonds is 4. The van der Waals surface area contributed by atoms with E-state index in [2.05, 4.69) is 16.4 Å². The van der Waals surface area contributed by atoms with Gasteiger partial charge in [0.05, 0.1) is 11.8 Å². The van der Waals surface area contributed by atoms with Gasteiger partial charge in [0.1, 0.15) is 0 Å². The van der Waals surface area contributed by atoms with Crippen molar-refractivity contribution in [2.45, 2.75) is 38.0 Å². The van der Waals surface area contributed by atoms with E-state index in [4.69, 9.17) is 4.74 Å². The molecule has 3 heteroatoms. The topological polar surface area (TPSA) is 34.1 Å². The molecule has 1 aliphatic carbocycles. The van der Waals surface area contributed by atoms with Crippen molar-refractivity contribution in [1.82, 2.24) is 10.3 Å². The monoisotopic (exact) mass is 218 g/mol. The first-order chi connectivity index (χ1) is 7.93. The number of hydrogen-bond donors (Lipinski definition) is 1. The lowest BCUT2D eigenvalue weighted by atomic mass is 10.1. The lowest BCUT2D eigenvalue weighted by Gasteiger charge is -2.19. The quantitative estimate of drug-likeness (QED) is 0.836. The average Bonchev–Trinajstić information content (AvgIpc) is 3.07. The zero-order valence-electron chi connectivity index (χ0n) is 9.43.